The summed E-state index contributed by atoms with van der Waals surface area (Å²) in [6.07, 6.45) is 0.853. The Bertz CT molecular complexity index is 641. The van der Waals surface area contributed by atoms with Crippen molar-refractivity contribution in [1.82, 2.24) is 10.6 Å². The maximum absolute atomic E-state index is 11.9. The molecule has 2 aromatic rings. The summed E-state index contributed by atoms with van der Waals surface area (Å²) in [5.41, 5.74) is 13.5. The Labute approximate surface area is 148 Å². The molecule has 0 atom stereocenters. The van der Waals surface area contributed by atoms with Gasteiger partial charge in [-0.05, 0) is 54.9 Å². The SMILES string of the molecule is NCc1ccc(OCCNCCCNC(=O)c2ccc(N)cc2)cc1. The molecule has 0 saturated heterocycles. The van der Waals surface area contributed by atoms with E-state index in [4.69, 9.17) is 16.2 Å². The van der Waals surface area contributed by atoms with E-state index in [0.29, 0.717) is 30.9 Å². The average Bonchev–Trinajstić information content (AvgIpc) is 2.64. The summed E-state index contributed by atoms with van der Waals surface area (Å²) < 4.78 is 5.63. The molecule has 134 valence electrons. The molecule has 2 aromatic carbocycles. The van der Waals surface area contributed by atoms with Gasteiger partial charge in [0.1, 0.15) is 12.4 Å². The van der Waals surface area contributed by atoms with Gasteiger partial charge in [0.25, 0.3) is 5.91 Å². The highest BCUT2D eigenvalue weighted by Gasteiger charge is 2.03. The number of ether oxygens (including phenoxy) is 1. The highest BCUT2D eigenvalue weighted by atomic mass is 16.5. The third-order valence-corrected chi connectivity index (χ3v) is 3.70. The van der Waals surface area contributed by atoms with Crippen LogP contribution in [0.5, 0.6) is 5.75 Å². The Hall–Kier alpha value is -2.57. The molecule has 0 spiro atoms. The minimum absolute atomic E-state index is 0.0794. The molecule has 6 heteroatoms. The van der Waals surface area contributed by atoms with Gasteiger partial charge in [0.15, 0.2) is 0 Å². The van der Waals surface area contributed by atoms with Gasteiger partial charge in [-0.3, -0.25) is 4.79 Å². The molecule has 6 N–H and O–H groups in total. The fourth-order valence-electron chi connectivity index (χ4n) is 2.24. The number of nitrogens with one attached hydrogen (secondary N) is 2. The van der Waals surface area contributed by atoms with Crippen LogP contribution in [-0.2, 0) is 6.54 Å². The Morgan fingerprint density at radius 3 is 2.36 bits per heavy atom. The van der Waals surface area contributed by atoms with Gasteiger partial charge < -0.3 is 26.8 Å². The quantitative estimate of drug-likeness (QED) is 0.387. The van der Waals surface area contributed by atoms with E-state index >= 15 is 0 Å². The van der Waals surface area contributed by atoms with E-state index in [1.165, 1.54) is 0 Å². The highest BCUT2D eigenvalue weighted by molar-refractivity contribution is 5.94. The summed E-state index contributed by atoms with van der Waals surface area (Å²) >= 11 is 0. The summed E-state index contributed by atoms with van der Waals surface area (Å²) in [6.45, 7) is 3.33. The van der Waals surface area contributed by atoms with E-state index in [1.807, 2.05) is 24.3 Å². The maximum Gasteiger partial charge on any atom is 0.251 e. The number of rotatable bonds is 10. The molecule has 2 rings (SSSR count). The number of carbonyl (C=O) groups is 1. The molecular weight excluding hydrogens is 316 g/mol. The van der Waals surface area contributed by atoms with Gasteiger partial charge in [-0.15, -0.1) is 0 Å². The van der Waals surface area contributed by atoms with Crippen LogP contribution in [0.2, 0.25) is 0 Å². The number of amides is 1. The van der Waals surface area contributed by atoms with Crippen molar-refractivity contribution in [3.05, 3.63) is 59.7 Å². The van der Waals surface area contributed by atoms with Gasteiger partial charge in [0.05, 0.1) is 0 Å². The van der Waals surface area contributed by atoms with Crippen LogP contribution in [0.1, 0.15) is 22.3 Å². The average molecular weight is 342 g/mol. The van der Waals surface area contributed by atoms with Crippen LogP contribution in [0.3, 0.4) is 0 Å². The molecule has 0 aromatic heterocycles. The second-order valence-electron chi connectivity index (χ2n) is 5.68. The van der Waals surface area contributed by atoms with Gasteiger partial charge in [0, 0.05) is 30.9 Å². The van der Waals surface area contributed by atoms with E-state index in [2.05, 4.69) is 10.6 Å². The van der Waals surface area contributed by atoms with Gasteiger partial charge in [-0.1, -0.05) is 12.1 Å². The Morgan fingerprint density at radius 1 is 0.960 bits per heavy atom. The number of hydrogen-bond donors (Lipinski definition) is 4. The second kappa shape index (κ2) is 10.3. The molecule has 6 nitrogen and oxygen atoms in total. The predicted octanol–water partition coefficient (Wildman–Crippen LogP) is 1.52. The maximum atomic E-state index is 11.9. The summed E-state index contributed by atoms with van der Waals surface area (Å²) in [4.78, 5) is 11.9. The van der Waals surface area contributed by atoms with Crippen molar-refractivity contribution in [3.8, 4) is 5.75 Å². The van der Waals surface area contributed by atoms with Gasteiger partial charge >= 0.3 is 0 Å². The molecule has 0 bridgehead atoms. The van der Waals surface area contributed by atoms with E-state index < -0.39 is 0 Å². The number of anilines is 1. The van der Waals surface area contributed by atoms with Crippen molar-refractivity contribution in [2.75, 3.05) is 32.0 Å². The standard InChI is InChI=1S/C19H26N4O2/c20-14-15-2-8-18(9-3-15)25-13-12-22-10-1-11-23-19(24)16-4-6-17(21)7-5-16/h2-9,22H,1,10-14,20-21H2,(H,23,24). The van der Waals surface area contributed by atoms with Gasteiger partial charge in [-0.2, -0.15) is 0 Å². The van der Waals surface area contributed by atoms with Gasteiger partial charge in [0.2, 0.25) is 0 Å². The second-order valence-corrected chi connectivity index (χ2v) is 5.68. The summed E-state index contributed by atoms with van der Waals surface area (Å²) in [5, 5.41) is 6.17. The third-order valence-electron chi connectivity index (χ3n) is 3.70. The fraction of sp³-hybridized carbons (Fsp3) is 0.316. The molecule has 0 unspecified atom stereocenters. The molecule has 1 amide bonds. The molecule has 0 heterocycles. The van der Waals surface area contributed by atoms with Crippen molar-refractivity contribution in [2.24, 2.45) is 5.73 Å². The van der Waals surface area contributed by atoms with Crippen molar-refractivity contribution < 1.29 is 9.53 Å². The van der Waals surface area contributed by atoms with Gasteiger partial charge in [-0.25, -0.2) is 0 Å². The van der Waals surface area contributed by atoms with E-state index in [1.54, 1.807) is 24.3 Å². The number of carbonyl (C=O) groups excluding carboxylic acids is 1. The number of benzene rings is 2. The van der Waals surface area contributed by atoms with Crippen molar-refractivity contribution in [1.29, 1.82) is 0 Å². The predicted molar refractivity (Wildman–Crippen MR) is 101 cm³/mol. The van der Waals surface area contributed by atoms with E-state index in [9.17, 15) is 4.79 Å². The largest absolute Gasteiger partial charge is 0.492 e. The van der Waals surface area contributed by atoms with Crippen molar-refractivity contribution in [2.45, 2.75) is 13.0 Å². The van der Waals surface area contributed by atoms with Crippen LogP contribution in [0.15, 0.2) is 48.5 Å². The highest BCUT2D eigenvalue weighted by Crippen LogP contribution is 2.11. The topological polar surface area (TPSA) is 102 Å². The first-order valence-corrected chi connectivity index (χ1v) is 8.45. The molecule has 0 saturated carbocycles. The third kappa shape index (κ3) is 6.82. The molecule has 0 radical (unpaired) electrons. The first kappa shape index (κ1) is 18.8. The first-order chi connectivity index (χ1) is 12.2. The first-order valence-electron chi connectivity index (χ1n) is 8.45. The van der Waals surface area contributed by atoms with Crippen molar-refractivity contribution in [3.63, 3.8) is 0 Å². The monoisotopic (exact) mass is 342 g/mol. The van der Waals surface area contributed by atoms with Crippen LogP contribution < -0.4 is 26.8 Å². The summed E-state index contributed by atoms with van der Waals surface area (Å²) in [5.74, 6) is 0.763. The molecule has 0 aliphatic heterocycles. The Morgan fingerprint density at radius 2 is 1.68 bits per heavy atom. The minimum Gasteiger partial charge on any atom is -0.492 e. The Balaban J connectivity index is 1.50. The van der Waals surface area contributed by atoms with Crippen LogP contribution >= 0.6 is 0 Å². The molecular formula is C19H26N4O2. The number of nitrogens with two attached hydrogens (primary N) is 2. The zero-order chi connectivity index (χ0) is 17.9. The lowest BCUT2D eigenvalue weighted by Gasteiger charge is -2.09. The fourth-order valence-corrected chi connectivity index (χ4v) is 2.24. The Kier molecular flexibility index (Phi) is 7.75. The zero-order valence-electron chi connectivity index (χ0n) is 14.3. The van der Waals surface area contributed by atoms with E-state index in [0.717, 1.165) is 30.8 Å². The van der Waals surface area contributed by atoms with Crippen LogP contribution in [0.4, 0.5) is 5.69 Å². The zero-order valence-corrected chi connectivity index (χ0v) is 14.3. The summed E-state index contributed by atoms with van der Waals surface area (Å²) in [7, 11) is 0. The van der Waals surface area contributed by atoms with Crippen LogP contribution in [0, 0.1) is 0 Å². The lowest BCUT2D eigenvalue weighted by Crippen LogP contribution is -2.28. The van der Waals surface area contributed by atoms with Crippen LogP contribution in [0.25, 0.3) is 0 Å². The summed E-state index contributed by atoms with van der Waals surface area (Å²) in [6, 6.07) is 14.7. The lowest BCUT2D eigenvalue weighted by atomic mass is 10.2. The molecule has 25 heavy (non-hydrogen) atoms. The minimum atomic E-state index is -0.0794. The molecule has 0 aliphatic carbocycles. The number of hydrogen-bond acceptors (Lipinski definition) is 5. The lowest BCUT2D eigenvalue weighted by molar-refractivity contribution is 0.0953. The van der Waals surface area contributed by atoms with E-state index in [-0.39, 0.29) is 5.91 Å². The normalized spacial score (nSPS) is 10.4. The van der Waals surface area contributed by atoms with Crippen LogP contribution in [-0.4, -0.2) is 32.1 Å². The molecule has 0 aliphatic rings. The smallest absolute Gasteiger partial charge is 0.251 e. The number of nitrogen functional groups attached to an aromatic ring is 1. The molecule has 0 fully saturated rings. The van der Waals surface area contributed by atoms with Crippen molar-refractivity contribution >= 4 is 11.6 Å².